The highest BCUT2D eigenvalue weighted by atomic mass is 35.5. The van der Waals surface area contributed by atoms with E-state index in [4.69, 9.17) is 16.7 Å². The normalized spacial score (nSPS) is 20.6. The number of hydrogen-bond acceptors (Lipinski definition) is 6. The zero-order chi connectivity index (χ0) is 13.7. The molecule has 6 nitrogen and oxygen atoms in total. The van der Waals surface area contributed by atoms with Crippen LogP contribution < -0.4 is 5.32 Å². The van der Waals surface area contributed by atoms with Crippen molar-refractivity contribution in [3.63, 3.8) is 0 Å². The first-order valence-electron chi connectivity index (χ1n) is 6.26. The van der Waals surface area contributed by atoms with Crippen molar-refractivity contribution < 1.29 is 9.90 Å². The average Bonchev–Trinajstić information content (AvgIpc) is 2.75. The monoisotopic (exact) mass is 304 g/mol. The summed E-state index contributed by atoms with van der Waals surface area (Å²) in [6, 6.07) is 0. The molecule has 0 aliphatic carbocycles. The van der Waals surface area contributed by atoms with Crippen LogP contribution in [0, 0.1) is 5.92 Å². The number of nitrogens with zero attached hydrogens (tertiary/aromatic N) is 3. The van der Waals surface area contributed by atoms with Crippen LogP contribution in [0.1, 0.15) is 18.5 Å². The van der Waals surface area contributed by atoms with Gasteiger partial charge in [-0.3, -0.25) is 9.69 Å². The molecule has 2 rings (SSSR count). The topological polar surface area (TPSA) is 78.4 Å². The Kier molecular flexibility index (Phi) is 5.50. The number of rotatable bonds is 6. The van der Waals surface area contributed by atoms with Crippen molar-refractivity contribution in [3.05, 3.63) is 10.0 Å². The van der Waals surface area contributed by atoms with Gasteiger partial charge in [0.25, 0.3) is 0 Å². The molecule has 1 aliphatic heterocycles. The lowest BCUT2D eigenvalue weighted by Gasteiger charge is -2.32. The molecule has 0 aromatic carbocycles. The van der Waals surface area contributed by atoms with Crippen molar-refractivity contribution in [1.29, 1.82) is 0 Å². The summed E-state index contributed by atoms with van der Waals surface area (Å²) in [5.41, 5.74) is 0.839. The van der Waals surface area contributed by atoms with Crippen LogP contribution in [-0.4, -0.2) is 51.7 Å². The highest BCUT2D eigenvalue weighted by Gasteiger charge is 2.21. The molecule has 1 saturated heterocycles. The molecule has 1 aromatic heterocycles. The minimum atomic E-state index is -0.812. The Morgan fingerprint density at radius 2 is 2.47 bits per heavy atom. The molecule has 0 amide bonds. The van der Waals surface area contributed by atoms with Crippen LogP contribution in [0.3, 0.4) is 0 Å². The van der Waals surface area contributed by atoms with Gasteiger partial charge in [-0.15, -0.1) is 5.10 Å². The first kappa shape index (κ1) is 14.6. The molecule has 2 heterocycles. The Morgan fingerprint density at radius 1 is 1.63 bits per heavy atom. The van der Waals surface area contributed by atoms with Crippen LogP contribution in [0.5, 0.6) is 0 Å². The van der Waals surface area contributed by atoms with Gasteiger partial charge in [-0.2, -0.15) is 0 Å². The predicted molar refractivity (Wildman–Crippen MR) is 73.4 cm³/mol. The van der Waals surface area contributed by atoms with E-state index in [1.807, 2.05) is 0 Å². The molecule has 0 spiro atoms. The summed E-state index contributed by atoms with van der Waals surface area (Å²) >= 11 is 7.21. The fourth-order valence-corrected chi connectivity index (χ4v) is 2.96. The van der Waals surface area contributed by atoms with Gasteiger partial charge in [0, 0.05) is 24.6 Å². The molecule has 1 aromatic rings. The van der Waals surface area contributed by atoms with Crippen LogP contribution in [0.2, 0.25) is 4.34 Å². The molecular weight excluding hydrogens is 288 g/mol. The molecular formula is C11H17ClN4O2S. The van der Waals surface area contributed by atoms with Crippen LogP contribution in [0.15, 0.2) is 0 Å². The number of halogens is 1. The number of nitrogens with one attached hydrogen (secondary N) is 1. The molecule has 0 bridgehead atoms. The summed E-state index contributed by atoms with van der Waals surface area (Å²) in [6.07, 6.45) is 2.25. The van der Waals surface area contributed by atoms with E-state index in [1.165, 1.54) is 11.5 Å². The third-order valence-corrected chi connectivity index (χ3v) is 4.18. The number of likely N-dealkylation sites (tertiary alicyclic amines) is 1. The van der Waals surface area contributed by atoms with Gasteiger partial charge >= 0.3 is 5.97 Å². The molecule has 1 unspecified atom stereocenters. The number of carbonyl (C=O) groups is 1. The van der Waals surface area contributed by atoms with Crippen LogP contribution in [0.4, 0.5) is 0 Å². The van der Waals surface area contributed by atoms with E-state index >= 15 is 0 Å². The Labute approximate surface area is 120 Å². The van der Waals surface area contributed by atoms with Gasteiger partial charge in [0.2, 0.25) is 0 Å². The van der Waals surface area contributed by atoms with E-state index < -0.39 is 5.97 Å². The second-order valence-electron chi connectivity index (χ2n) is 4.76. The summed E-state index contributed by atoms with van der Waals surface area (Å²) in [6.45, 7) is 3.47. The van der Waals surface area contributed by atoms with Gasteiger partial charge in [-0.25, -0.2) is 0 Å². The maximum Gasteiger partial charge on any atom is 0.317 e. The van der Waals surface area contributed by atoms with Gasteiger partial charge in [0.05, 0.1) is 6.54 Å². The van der Waals surface area contributed by atoms with Gasteiger partial charge in [-0.1, -0.05) is 16.1 Å². The third-order valence-electron chi connectivity index (χ3n) is 3.20. The quantitative estimate of drug-likeness (QED) is 0.819. The first-order chi connectivity index (χ1) is 9.15. The molecule has 1 aliphatic rings. The standard InChI is InChI=1S/C11H17ClN4O2S/c12-11-9(14-15-19-11)7-16-3-1-2-8(6-16)4-13-5-10(17)18/h8,13H,1-7H2,(H,17,18). The lowest BCUT2D eigenvalue weighted by molar-refractivity contribution is -0.136. The van der Waals surface area contributed by atoms with Crippen LogP contribution in [0.25, 0.3) is 0 Å². The predicted octanol–water partition coefficient (Wildman–Crippen LogP) is 1.08. The highest BCUT2D eigenvalue weighted by molar-refractivity contribution is 7.10. The molecule has 106 valence electrons. The SMILES string of the molecule is O=C(O)CNCC1CCCN(Cc2nnsc2Cl)C1. The van der Waals surface area contributed by atoms with Crippen molar-refractivity contribution in [2.75, 3.05) is 26.2 Å². The first-order valence-corrected chi connectivity index (χ1v) is 7.42. The fourth-order valence-electron chi connectivity index (χ4n) is 2.35. The maximum atomic E-state index is 10.5. The molecule has 8 heteroatoms. The van der Waals surface area contributed by atoms with Crippen molar-refractivity contribution in [2.45, 2.75) is 19.4 Å². The zero-order valence-electron chi connectivity index (χ0n) is 10.5. The summed E-state index contributed by atoms with van der Waals surface area (Å²) in [4.78, 5) is 12.8. The van der Waals surface area contributed by atoms with Crippen LogP contribution in [-0.2, 0) is 11.3 Å². The number of aromatic nitrogens is 2. The van der Waals surface area contributed by atoms with Gasteiger partial charge < -0.3 is 10.4 Å². The van der Waals surface area contributed by atoms with E-state index in [2.05, 4.69) is 19.8 Å². The fraction of sp³-hybridized carbons (Fsp3) is 0.727. The minimum absolute atomic E-state index is 0.0261. The van der Waals surface area contributed by atoms with E-state index in [1.54, 1.807) is 0 Å². The second-order valence-corrected chi connectivity index (χ2v) is 6.12. The smallest absolute Gasteiger partial charge is 0.317 e. The van der Waals surface area contributed by atoms with Crippen molar-refractivity contribution in [2.24, 2.45) is 5.92 Å². The Morgan fingerprint density at radius 3 is 3.16 bits per heavy atom. The van der Waals surface area contributed by atoms with E-state index in [-0.39, 0.29) is 6.54 Å². The van der Waals surface area contributed by atoms with Crippen molar-refractivity contribution in [1.82, 2.24) is 19.8 Å². The Hall–Kier alpha value is -0.760. The zero-order valence-corrected chi connectivity index (χ0v) is 12.1. The Bertz CT molecular complexity index is 429. The molecule has 2 N–H and O–H groups in total. The van der Waals surface area contributed by atoms with E-state index in [0.717, 1.165) is 44.7 Å². The molecule has 1 fully saturated rings. The number of carboxylic acid groups (broad SMARTS) is 1. The van der Waals surface area contributed by atoms with Gasteiger partial charge in [-0.05, 0) is 31.8 Å². The van der Waals surface area contributed by atoms with Crippen molar-refractivity contribution >= 4 is 29.1 Å². The molecule has 19 heavy (non-hydrogen) atoms. The summed E-state index contributed by atoms with van der Waals surface area (Å²) in [5.74, 6) is -0.327. The second kappa shape index (κ2) is 7.14. The number of hydrogen-bond donors (Lipinski definition) is 2. The third kappa shape index (κ3) is 4.68. The molecule has 0 saturated carbocycles. The number of carboxylic acids is 1. The Balaban J connectivity index is 1.77. The number of aliphatic carboxylic acids is 1. The molecule has 0 radical (unpaired) electrons. The summed E-state index contributed by atoms with van der Waals surface area (Å²) in [7, 11) is 0. The van der Waals surface area contributed by atoms with E-state index in [9.17, 15) is 4.79 Å². The maximum absolute atomic E-state index is 10.5. The lowest BCUT2D eigenvalue weighted by atomic mass is 9.98. The molecule has 1 atom stereocenters. The highest BCUT2D eigenvalue weighted by Crippen LogP contribution is 2.22. The minimum Gasteiger partial charge on any atom is -0.480 e. The van der Waals surface area contributed by atoms with E-state index in [0.29, 0.717) is 10.3 Å². The van der Waals surface area contributed by atoms with Crippen molar-refractivity contribution in [3.8, 4) is 0 Å². The lowest BCUT2D eigenvalue weighted by Crippen LogP contribution is -2.40. The average molecular weight is 305 g/mol. The summed E-state index contributed by atoms with van der Waals surface area (Å²) in [5, 5.41) is 15.6. The largest absolute Gasteiger partial charge is 0.480 e. The van der Waals surface area contributed by atoms with Crippen LogP contribution >= 0.6 is 23.1 Å². The van der Waals surface area contributed by atoms with Gasteiger partial charge in [0.1, 0.15) is 10.0 Å². The van der Waals surface area contributed by atoms with Gasteiger partial charge in [0.15, 0.2) is 0 Å². The summed E-state index contributed by atoms with van der Waals surface area (Å²) < 4.78 is 4.49. The number of piperidine rings is 1.